The molecule has 0 spiro atoms. The SMILES string of the molecule is CCOC(=O)c1ccc(NC(=O)[C@@H]2CN(S(=O)(=O)Cc3ccccc3)c3ccccc3O2)c(Cl)c1. The molecule has 3 aromatic carbocycles. The molecule has 0 bridgehead atoms. The van der Waals surface area contributed by atoms with Crippen LogP contribution in [0.5, 0.6) is 5.75 Å². The summed E-state index contributed by atoms with van der Waals surface area (Å²) in [6, 6.07) is 19.8. The first-order valence-corrected chi connectivity index (χ1v) is 12.8. The quantitative estimate of drug-likeness (QED) is 0.473. The number of nitrogens with one attached hydrogen (secondary N) is 1. The maximum atomic E-state index is 13.3. The Bertz CT molecular complexity index is 1350. The number of anilines is 2. The van der Waals surface area contributed by atoms with E-state index in [9.17, 15) is 18.0 Å². The van der Waals surface area contributed by atoms with Crippen molar-refractivity contribution in [3.63, 3.8) is 0 Å². The molecule has 8 nitrogen and oxygen atoms in total. The van der Waals surface area contributed by atoms with Crippen molar-refractivity contribution in [2.45, 2.75) is 18.8 Å². The van der Waals surface area contributed by atoms with Crippen LogP contribution in [-0.4, -0.2) is 39.5 Å². The summed E-state index contributed by atoms with van der Waals surface area (Å²) in [5, 5.41) is 2.79. The lowest BCUT2D eigenvalue weighted by atomic mass is 10.2. The number of hydrogen-bond acceptors (Lipinski definition) is 6. The largest absolute Gasteiger partial charge is 0.476 e. The minimum Gasteiger partial charge on any atom is -0.476 e. The molecule has 0 aliphatic carbocycles. The number of rotatable bonds is 7. The van der Waals surface area contributed by atoms with Crippen LogP contribution in [0.2, 0.25) is 5.02 Å². The second-order valence-corrected chi connectivity index (χ2v) is 10.1. The summed E-state index contributed by atoms with van der Waals surface area (Å²) in [5.41, 5.74) is 1.50. The lowest BCUT2D eigenvalue weighted by Gasteiger charge is -2.34. The fourth-order valence-electron chi connectivity index (χ4n) is 3.64. The van der Waals surface area contributed by atoms with Crippen LogP contribution < -0.4 is 14.4 Å². The second kappa shape index (κ2) is 10.4. The molecule has 0 aromatic heterocycles. The van der Waals surface area contributed by atoms with Crippen molar-refractivity contribution < 1.29 is 27.5 Å². The highest BCUT2D eigenvalue weighted by atomic mass is 35.5. The van der Waals surface area contributed by atoms with Crippen LogP contribution >= 0.6 is 11.6 Å². The number of ether oxygens (including phenoxy) is 2. The summed E-state index contributed by atoms with van der Waals surface area (Å²) < 4.78 is 38.6. The van der Waals surface area contributed by atoms with Gasteiger partial charge >= 0.3 is 5.97 Å². The third kappa shape index (κ3) is 5.58. The van der Waals surface area contributed by atoms with E-state index >= 15 is 0 Å². The summed E-state index contributed by atoms with van der Waals surface area (Å²) in [6.45, 7) is 1.70. The summed E-state index contributed by atoms with van der Waals surface area (Å²) in [7, 11) is -3.82. The topological polar surface area (TPSA) is 102 Å². The molecule has 0 fully saturated rings. The zero-order chi connectivity index (χ0) is 25.0. The minimum absolute atomic E-state index is 0.133. The van der Waals surface area contributed by atoms with E-state index in [-0.39, 0.29) is 40.9 Å². The first-order valence-electron chi connectivity index (χ1n) is 10.9. The average Bonchev–Trinajstić information content (AvgIpc) is 2.85. The van der Waals surface area contributed by atoms with Gasteiger partial charge in [0.25, 0.3) is 5.91 Å². The van der Waals surface area contributed by atoms with Gasteiger partial charge in [-0.05, 0) is 42.8 Å². The smallest absolute Gasteiger partial charge is 0.338 e. The van der Waals surface area contributed by atoms with Gasteiger partial charge in [0.05, 0.1) is 40.9 Å². The first-order chi connectivity index (χ1) is 16.8. The summed E-state index contributed by atoms with van der Waals surface area (Å²) in [6.07, 6.45) is -1.13. The Morgan fingerprint density at radius 2 is 1.80 bits per heavy atom. The predicted molar refractivity (Wildman–Crippen MR) is 133 cm³/mol. The molecule has 10 heteroatoms. The number of sulfonamides is 1. The molecule has 1 aliphatic rings. The van der Waals surface area contributed by atoms with Gasteiger partial charge in [0.15, 0.2) is 6.10 Å². The van der Waals surface area contributed by atoms with E-state index in [4.69, 9.17) is 21.1 Å². The predicted octanol–water partition coefficient (Wildman–Crippen LogP) is 4.25. The monoisotopic (exact) mass is 514 g/mol. The summed E-state index contributed by atoms with van der Waals surface area (Å²) >= 11 is 6.26. The van der Waals surface area contributed by atoms with Gasteiger partial charge < -0.3 is 14.8 Å². The maximum Gasteiger partial charge on any atom is 0.338 e. The molecule has 4 rings (SSSR count). The molecule has 1 amide bonds. The normalized spacial score (nSPS) is 15.0. The Balaban J connectivity index is 1.56. The average molecular weight is 515 g/mol. The van der Waals surface area contributed by atoms with Crippen LogP contribution in [0.15, 0.2) is 72.8 Å². The standard InChI is InChI=1S/C25H23ClN2O6S/c1-2-33-25(30)18-12-13-20(19(26)14-18)27-24(29)23-15-28(21-10-6-7-11-22(21)34-23)35(31,32)16-17-8-4-3-5-9-17/h3-14,23H,2,15-16H2,1H3,(H,27,29)/t23-/m0/s1. The Labute approximate surface area is 208 Å². The number of esters is 1. The Hall–Kier alpha value is -3.56. The van der Waals surface area contributed by atoms with Crippen LogP contribution in [0.25, 0.3) is 0 Å². The number of fused-ring (bicyclic) bond motifs is 1. The number of benzene rings is 3. The molecule has 182 valence electrons. The van der Waals surface area contributed by atoms with E-state index in [1.807, 2.05) is 6.07 Å². The van der Waals surface area contributed by atoms with E-state index in [0.29, 0.717) is 11.3 Å². The van der Waals surface area contributed by atoms with E-state index in [1.165, 1.54) is 22.5 Å². The highest BCUT2D eigenvalue weighted by molar-refractivity contribution is 7.92. The van der Waals surface area contributed by atoms with Gasteiger partial charge in [-0.1, -0.05) is 54.1 Å². The van der Waals surface area contributed by atoms with Gasteiger partial charge in [0.1, 0.15) is 5.75 Å². The van der Waals surface area contributed by atoms with E-state index in [1.54, 1.807) is 55.5 Å². The van der Waals surface area contributed by atoms with Crippen LogP contribution in [0.3, 0.4) is 0 Å². The second-order valence-electron chi connectivity index (χ2n) is 7.75. The Morgan fingerprint density at radius 3 is 2.51 bits per heavy atom. The zero-order valence-corrected chi connectivity index (χ0v) is 20.4. The molecule has 1 heterocycles. The summed E-state index contributed by atoms with van der Waals surface area (Å²) in [5.74, 6) is -1.05. The van der Waals surface area contributed by atoms with Crippen LogP contribution in [0.1, 0.15) is 22.8 Å². The third-order valence-corrected chi connectivity index (χ3v) is 7.32. The Kier molecular flexibility index (Phi) is 7.28. The van der Waals surface area contributed by atoms with Crippen molar-refractivity contribution >= 4 is 44.9 Å². The van der Waals surface area contributed by atoms with E-state index in [0.717, 1.165) is 0 Å². The zero-order valence-electron chi connectivity index (χ0n) is 18.8. The molecule has 35 heavy (non-hydrogen) atoms. The highest BCUT2D eigenvalue weighted by Gasteiger charge is 2.37. The highest BCUT2D eigenvalue weighted by Crippen LogP contribution is 2.36. The molecular weight excluding hydrogens is 492 g/mol. The van der Waals surface area contributed by atoms with Crippen molar-refractivity contribution in [3.05, 3.63) is 88.9 Å². The van der Waals surface area contributed by atoms with Crippen LogP contribution in [0.4, 0.5) is 11.4 Å². The molecular formula is C25H23ClN2O6S. The fraction of sp³-hybridized carbons (Fsp3) is 0.200. The first kappa shape index (κ1) is 24.6. The lowest BCUT2D eigenvalue weighted by molar-refractivity contribution is -0.122. The molecule has 1 atom stereocenters. The number of halogens is 1. The van der Waals surface area contributed by atoms with Gasteiger partial charge in [0.2, 0.25) is 10.0 Å². The van der Waals surface area contributed by atoms with Crippen LogP contribution in [-0.2, 0) is 25.3 Å². The molecule has 0 saturated carbocycles. The van der Waals surface area contributed by atoms with E-state index in [2.05, 4.69) is 5.32 Å². The van der Waals surface area contributed by atoms with Crippen molar-refractivity contribution in [1.29, 1.82) is 0 Å². The van der Waals surface area contributed by atoms with Gasteiger partial charge in [-0.3, -0.25) is 9.10 Å². The van der Waals surface area contributed by atoms with Gasteiger partial charge in [0, 0.05) is 0 Å². The van der Waals surface area contributed by atoms with Crippen LogP contribution in [0, 0.1) is 0 Å². The molecule has 0 saturated heterocycles. The molecule has 0 radical (unpaired) electrons. The number of para-hydroxylation sites is 2. The van der Waals surface area contributed by atoms with Gasteiger partial charge in [-0.2, -0.15) is 0 Å². The number of carbonyl (C=O) groups excluding carboxylic acids is 2. The lowest BCUT2D eigenvalue weighted by Crippen LogP contribution is -2.49. The number of amides is 1. The number of nitrogens with zero attached hydrogens (tertiary/aromatic N) is 1. The molecule has 1 N–H and O–H groups in total. The van der Waals surface area contributed by atoms with Crippen molar-refractivity contribution in [1.82, 2.24) is 0 Å². The fourth-order valence-corrected chi connectivity index (χ4v) is 5.45. The Morgan fingerprint density at radius 1 is 1.09 bits per heavy atom. The summed E-state index contributed by atoms with van der Waals surface area (Å²) in [4.78, 5) is 25.0. The van der Waals surface area contributed by atoms with Gasteiger partial charge in [-0.15, -0.1) is 0 Å². The molecule has 1 aliphatic heterocycles. The van der Waals surface area contributed by atoms with E-state index < -0.39 is 28.0 Å². The van der Waals surface area contributed by atoms with Crippen molar-refractivity contribution in [3.8, 4) is 5.75 Å². The van der Waals surface area contributed by atoms with Crippen molar-refractivity contribution in [2.24, 2.45) is 0 Å². The maximum absolute atomic E-state index is 13.3. The van der Waals surface area contributed by atoms with Gasteiger partial charge in [-0.25, -0.2) is 13.2 Å². The molecule has 3 aromatic rings. The minimum atomic E-state index is -3.82. The molecule has 0 unspecified atom stereocenters. The van der Waals surface area contributed by atoms with Crippen molar-refractivity contribution in [2.75, 3.05) is 22.8 Å². The number of hydrogen-bond donors (Lipinski definition) is 1. The number of carbonyl (C=O) groups is 2. The third-order valence-electron chi connectivity index (χ3n) is 5.29.